The van der Waals surface area contributed by atoms with Crippen LogP contribution in [0.1, 0.15) is 11.4 Å². The molecule has 0 aliphatic rings. The number of hydrogen-bond donors (Lipinski definition) is 0. The van der Waals surface area contributed by atoms with E-state index in [0.717, 1.165) is 11.4 Å². The van der Waals surface area contributed by atoms with E-state index in [1.165, 1.54) is 6.34 Å². The second-order valence-corrected chi connectivity index (χ2v) is 2.35. The molecule has 0 aliphatic carbocycles. The van der Waals surface area contributed by atoms with Gasteiger partial charge in [0.25, 0.3) is 0 Å². The summed E-state index contributed by atoms with van der Waals surface area (Å²) >= 11 is 0. The average molecular weight is 162 g/mol. The summed E-state index contributed by atoms with van der Waals surface area (Å²) in [5.74, 6) is 0.599. The minimum absolute atomic E-state index is 0.599. The van der Waals surface area contributed by atoms with Crippen molar-refractivity contribution in [3.8, 4) is 0 Å². The van der Waals surface area contributed by atoms with Gasteiger partial charge in [0.15, 0.2) is 5.82 Å². The van der Waals surface area contributed by atoms with Crippen molar-refractivity contribution in [3.05, 3.63) is 17.6 Å². The standard InChI is InChI=1S/C8H10N4/c1-6-4-10-7(2)8(12-6)11-5-9-3/h4-5H,3H2,1-2H3. The molecule has 0 aromatic carbocycles. The largest absolute Gasteiger partial charge is 0.256 e. The number of hydrogen-bond acceptors (Lipinski definition) is 3. The van der Waals surface area contributed by atoms with Crippen LogP contribution in [0.3, 0.4) is 0 Å². The van der Waals surface area contributed by atoms with E-state index in [9.17, 15) is 0 Å². The van der Waals surface area contributed by atoms with Gasteiger partial charge in [0, 0.05) is 6.20 Å². The molecule has 0 saturated heterocycles. The number of aromatic nitrogens is 2. The van der Waals surface area contributed by atoms with Crippen molar-refractivity contribution >= 4 is 18.9 Å². The zero-order chi connectivity index (χ0) is 8.97. The lowest BCUT2D eigenvalue weighted by Gasteiger charge is -1.97. The smallest absolute Gasteiger partial charge is 0.175 e. The van der Waals surface area contributed by atoms with Crippen LogP contribution in [-0.2, 0) is 0 Å². The van der Waals surface area contributed by atoms with Gasteiger partial charge in [0.1, 0.15) is 6.34 Å². The first-order chi connectivity index (χ1) is 5.74. The van der Waals surface area contributed by atoms with Crippen molar-refractivity contribution in [2.45, 2.75) is 13.8 Å². The normalized spacial score (nSPS) is 10.5. The molecule has 62 valence electrons. The molecule has 1 aromatic rings. The Hall–Kier alpha value is -1.58. The molecular weight excluding hydrogens is 152 g/mol. The lowest BCUT2D eigenvalue weighted by Crippen LogP contribution is -1.88. The van der Waals surface area contributed by atoms with Gasteiger partial charge < -0.3 is 0 Å². The Morgan fingerprint density at radius 2 is 2.25 bits per heavy atom. The topological polar surface area (TPSA) is 50.5 Å². The first-order valence-electron chi connectivity index (χ1n) is 3.52. The van der Waals surface area contributed by atoms with Crippen molar-refractivity contribution < 1.29 is 0 Å². The van der Waals surface area contributed by atoms with Crippen molar-refractivity contribution in [1.82, 2.24) is 9.97 Å². The van der Waals surface area contributed by atoms with Crippen LogP contribution >= 0.6 is 0 Å². The number of nitrogens with zero attached hydrogens (tertiary/aromatic N) is 4. The van der Waals surface area contributed by atoms with Crippen LogP contribution in [-0.4, -0.2) is 23.0 Å². The second kappa shape index (κ2) is 3.71. The van der Waals surface area contributed by atoms with Gasteiger partial charge in [-0.3, -0.25) is 9.98 Å². The highest BCUT2D eigenvalue weighted by Crippen LogP contribution is 2.11. The first kappa shape index (κ1) is 8.52. The van der Waals surface area contributed by atoms with Crippen molar-refractivity contribution in [2.24, 2.45) is 9.98 Å². The van der Waals surface area contributed by atoms with E-state index in [4.69, 9.17) is 0 Å². The molecule has 0 atom stereocenters. The van der Waals surface area contributed by atoms with Gasteiger partial charge in [0.05, 0.1) is 11.4 Å². The lowest BCUT2D eigenvalue weighted by atomic mass is 10.4. The summed E-state index contributed by atoms with van der Waals surface area (Å²) in [6, 6.07) is 0. The van der Waals surface area contributed by atoms with E-state index in [1.807, 2.05) is 13.8 Å². The van der Waals surface area contributed by atoms with E-state index < -0.39 is 0 Å². The van der Waals surface area contributed by atoms with Gasteiger partial charge in [-0.25, -0.2) is 9.98 Å². The van der Waals surface area contributed by atoms with Crippen molar-refractivity contribution in [1.29, 1.82) is 0 Å². The van der Waals surface area contributed by atoms with E-state index in [-0.39, 0.29) is 0 Å². The van der Waals surface area contributed by atoms with Crippen LogP contribution in [0, 0.1) is 13.8 Å². The highest BCUT2D eigenvalue weighted by Gasteiger charge is 1.97. The third-order valence-corrected chi connectivity index (χ3v) is 1.31. The average Bonchev–Trinajstić information content (AvgIpc) is 2.07. The minimum Gasteiger partial charge on any atom is -0.256 e. The summed E-state index contributed by atoms with van der Waals surface area (Å²) < 4.78 is 0. The van der Waals surface area contributed by atoms with Gasteiger partial charge in [0.2, 0.25) is 0 Å². The SMILES string of the molecule is C=NC=Nc1nc(C)cnc1C. The molecule has 0 unspecified atom stereocenters. The van der Waals surface area contributed by atoms with Gasteiger partial charge >= 0.3 is 0 Å². The third kappa shape index (κ3) is 1.95. The third-order valence-electron chi connectivity index (χ3n) is 1.31. The fourth-order valence-electron chi connectivity index (χ4n) is 0.743. The molecular formula is C8H10N4. The quantitative estimate of drug-likeness (QED) is 0.488. The highest BCUT2D eigenvalue weighted by molar-refractivity contribution is 5.65. The lowest BCUT2D eigenvalue weighted by molar-refractivity contribution is 1.05. The summed E-state index contributed by atoms with van der Waals surface area (Å²) in [7, 11) is 0. The van der Waals surface area contributed by atoms with Gasteiger partial charge in [-0.05, 0) is 20.6 Å². The molecule has 0 N–H and O–H groups in total. The Bertz CT molecular complexity index is 317. The molecule has 0 radical (unpaired) electrons. The molecule has 0 spiro atoms. The van der Waals surface area contributed by atoms with E-state index >= 15 is 0 Å². The zero-order valence-corrected chi connectivity index (χ0v) is 7.15. The maximum absolute atomic E-state index is 4.16. The van der Waals surface area contributed by atoms with Crippen LogP contribution in [0.5, 0.6) is 0 Å². The van der Waals surface area contributed by atoms with E-state index in [1.54, 1.807) is 6.20 Å². The molecule has 4 nitrogen and oxygen atoms in total. The number of rotatable bonds is 2. The number of aryl methyl sites for hydroxylation is 2. The molecule has 1 aromatic heterocycles. The minimum atomic E-state index is 0.599. The maximum Gasteiger partial charge on any atom is 0.175 e. The molecule has 1 rings (SSSR count). The summed E-state index contributed by atoms with van der Waals surface area (Å²) in [6.07, 6.45) is 3.06. The molecule has 0 fully saturated rings. The van der Waals surface area contributed by atoms with Crippen molar-refractivity contribution in [2.75, 3.05) is 0 Å². The monoisotopic (exact) mass is 162 g/mol. The first-order valence-corrected chi connectivity index (χ1v) is 3.52. The van der Waals surface area contributed by atoms with Gasteiger partial charge in [-0.15, -0.1) is 0 Å². The summed E-state index contributed by atoms with van der Waals surface area (Å²) in [5, 5.41) is 0. The predicted octanol–water partition coefficient (Wildman–Crippen LogP) is 1.45. The number of aliphatic imine (C=N–C) groups is 2. The molecule has 0 bridgehead atoms. The van der Waals surface area contributed by atoms with E-state index in [0.29, 0.717) is 5.82 Å². The summed E-state index contributed by atoms with van der Waals surface area (Å²) in [5.41, 5.74) is 1.64. The fourth-order valence-corrected chi connectivity index (χ4v) is 0.743. The zero-order valence-electron chi connectivity index (χ0n) is 7.15. The Kier molecular flexibility index (Phi) is 2.63. The molecule has 0 aliphatic heterocycles. The van der Waals surface area contributed by atoms with Crippen LogP contribution in [0.2, 0.25) is 0 Å². The van der Waals surface area contributed by atoms with Crippen LogP contribution in [0.25, 0.3) is 0 Å². The second-order valence-electron chi connectivity index (χ2n) is 2.35. The Morgan fingerprint density at radius 1 is 1.50 bits per heavy atom. The summed E-state index contributed by atoms with van der Waals surface area (Å²) in [4.78, 5) is 15.7. The molecule has 1 heterocycles. The van der Waals surface area contributed by atoms with Crippen LogP contribution in [0.4, 0.5) is 5.82 Å². The molecule has 12 heavy (non-hydrogen) atoms. The van der Waals surface area contributed by atoms with Gasteiger partial charge in [-0.2, -0.15) is 0 Å². The fraction of sp³-hybridized carbons (Fsp3) is 0.250. The predicted molar refractivity (Wildman–Crippen MR) is 49.2 cm³/mol. The van der Waals surface area contributed by atoms with Crippen LogP contribution < -0.4 is 0 Å². The van der Waals surface area contributed by atoms with E-state index in [2.05, 4.69) is 26.7 Å². The molecule has 0 saturated carbocycles. The van der Waals surface area contributed by atoms with Crippen LogP contribution in [0.15, 0.2) is 16.2 Å². The Balaban J connectivity index is 3.04. The Labute approximate surface area is 71.1 Å². The molecule has 0 amide bonds. The maximum atomic E-state index is 4.16. The highest BCUT2D eigenvalue weighted by atomic mass is 15.0. The summed E-state index contributed by atoms with van der Waals surface area (Å²) in [6.45, 7) is 7.00. The van der Waals surface area contributed by atoms with Gasteiger partial charge in [-0.1, -0.05) is 0 Å². The van der Waals surface area contributed by atoms with Crippen molar-refractivity contribution in [3.63, 3.8) is 0 Å². The molecule has 4 heteroatoms. The Morgan fingerprint density at radius 3 is 2.92 bits per heavy atom.